The number of likely N-dealkylation sites (tertiary alicyclic amines) is 1. The summed E-state index contributed by atoms with van der Waals surface area (Å²) in [7, 11) is 0. The molecule has 20 heavy (non-hydrogen) atoms. The van der Waals surface area contributed by atoms with E-state index in [1.165, 1.54) is 0 Å². The fourth-order valence-electron chi connectivity index (χ4n) is 2.66. The van der Waals surface area contributed by atoms with Gasteiger partial charge in [-0.3, -0.25) is 9.59 Å². The van der Waals surface area contributed by atoms with Gasteiger partial charge in [-0.25, -0.2) is 0 Å². The van der Waals surface area contributed by atoms with E-state index in [9.17, 15) is 9.59 Å². The Morgan fingerprint density at radius 1 is 1.05 bits per heavy atom. The molecule has 0 atom stereocenters. The van der Waals surface area contributed by atoms with Crippen molar-refractivity contribution in [3.05, 3.63) is 35.9 Å². The Bertz CT molecular complexity index is 479. The number of piperidine rings is 1. The lowest BCUT2D eigenvalue weighted by molar-refractivity contribution is -0.140. The number of hydrogen-bond donors (Lipinski definition) is 0. The third-order valence-electron chi connectivity index (χ3n) is 3.85. The van der Waals surface area contributed by atoms with E-state index in [1.807, 2.05) is 56.0 Å². The first-order valence-electron chi connectivity index (χ1n) is 7.28. The smallest absolute Gasteiger partial charge is 0.227 e. The maximum atomic E-state index is 12.4. The number of hydrogen-bond acceptors (Lipinski definition) is 2. The number of nitrogens with zero attached hydrogens (tertiary/aromatic N) is 1. The summed E-state index contributed by atoms with van der Waals surface area (Å²) in [6.45, 7) is 7.21. The van der Waals surface area contributed by atoms with Gasteiger partial charge in [-0.15, -0.1) is 0 Å². The summed E-state index contributed by atoms with van der Waals surface area (Å²) in [5.41, 5.74) is 0.448. The molecule has 1 fully saturated rings. The molecule has 1 aromatic carbocycles. The van der Waals surface area contributed by atoms with E-state index in [4.69, 9.17) is 0 Å². The van der Waals surface area contributed by atoms with E-state index in [0.29, 0.717) is 13.1 Å². The Kier molecular flexibility index (Phi) is 4.26. The van der Waals surface area contributed by atoms with Crippen molar-refractivity contribution in [2.75, 3.05) is 13.1 Å². The van der Waals surface area contributed by atoms with Gasteiger partial charge < -0.3 is 4.90 Å². The van der Waals surface area contributed by atoms with Gasteiger partial charge in [0.15, 0.2) is 5.78 Å². The van der Waals surface area contributed by atoms with Crippen LogP contribution in [0.4, 0.5) is 0 Å². The summed E-state index contributed by atoms with van der Waals surface area (Å²) >= 11 is 0. The summed E-state index contributed by atoms with van der Waals surface area (Å²) in [5.74, 6) is 0.456. The monoisotopic (exact) mass is 273 g/mol. The van der Waals surface area contributed by atoms with Crippen molar-refractivity contribution in [2.45, 2.75) is 33.6 Å². The molecule has 2 rings (SSSR count). The summed E-state index contributed by atoms with van der Waals surface area (Å²) in [4.78, 5) is 26.5. The molecule has 1 aliphatic rings. The molecule has 1 saturated heterocycles. The first-order chi connectivity index (χ1) is 9.39. The topological polar surface area (TPSA) is 37.4 Å². The molecule has 0 spiro atoms. The predicted molar refractivity (Wildman–Crippen MR) is 79.5 cm³/mol. The van der Waals surface area contributed by atoms with Gasteiger partial charge in [0.05, 0.1) is 0 Å². The quantitative estimate of drug-likeness (QED) is 0.776. The molecular weight excluding hydrogens is 250 g/mol. The first kappa shape index (κ1) is 14.8. The minimum atomic E-state index is -0.337. The van der Waals surface area contributed by atoms with Crippen molar-refractivity contribution < 1.29 is 9.59 Å². The van der Waals surface area contributed by atoms with Crippen LogP contribution >= 0.6 is 0 Å². The number of ketones is 1. The minimum Gasteiger partial charge on any atom is -0.342 e. The van der Waals surface area contributed by atoms with Crippen molar-refractivity contribution in [2.24, 2.45) is 11.3 Å². The molecule has 3 heteroatoms. The van der Waals surface area contributed by atoms with Gasteiger partial charge in [0.1, 0.15) is 0 Å². The molecule has 3 nitrogen and oxygen atoms in total. The second kappa shape index (κ2) is 5.78. The standard InChI is InChI=1S/C17H23NO2/c1-17(2,3)16(20)18-11-9-14(10-12-18)15(19)13-7-5-4-6-8-13/h4-8,14H,9-12H2,1-3H3. The van der Waals surface area contributed by atoms with Crippen LogP contribution < -0.4 is 0 Å². The average Bonchev–Trinajstić information content (AvgIpc) is 2.46. The molecule has 0 unspecified atom stereocenters. The predicted octanol–water partition coefficient (Wildman–Crippen LogP) is 3.15. The molecule has 0 radical (unpaired) electrons. The van der Waals surface area contributed by atoms with Crippen molar-refractivity contribution in [1.82, 2.24) is 4.90 Å². The van der Waals surface area contributed by atoms with Crippen molar-refractivity contribution >= 4 is 11.7 Å². The zero-order valence-corrected chi connectivity index (χ0v) is 12.6. The van der Waals surface area contributed by atoms with Crippen LogP contribution in [0.25, 0.3) is 0 Å². The van der Waals surface area contributed by atoms with Crippen LogP contribution in [0.5, 0.6) is 0 Å². The van der Waals surface area contributed by atoms with Crippen LogP contribution in [-0.2, 0) is 4.79 Å². The second-order valence-corrected chi connectivity index (χ2v) is 6.55. The highest BCUT2D eigenvalue weighted by Gasteiger charge is 2.32. The maximum Gasteiger partial charge on any atom is 0.227 e. The number of amides is 1. The molecule has 1 aliphatic heterocycles. The van der Waals surface area contributed by atoms with Crippen LogP contribution in [0.2, 0.25) is 0 Å². The molecular formula is C17H23NO2. The SMILES string of the molecule is CC(C)(C)C(=O)N1CCC(C(=O)c2ccccc2)CC1. The van der Waals surface area contributed by atoms with Crippen LogP contribution in [0.3, 0.4) is 0 Å². The van der Waals surface area contributed by atoms with Crippen molar-refractivity contribution in [3.8, 4) is 0 Å². The maximum absolute atomic E-state index is 12.4. The second-order valence-electron chi connectivity index (χ2n) is 6.55. The Morgan fingerprint density at radius 2 is 1.60 bits per heavy atom. The number of carbonyl (C=O) groups is 2. The van der Waals surface area contributed by atoms with E-state index in [2.05, 4.69) is 0 Å². The van der Waals surface area contributed by atoms with Gasteiger partial charge in [0, 0.05) is 30.0 Å². The van der Waals surface area contributed by atoms with Crippen LogP contribution in [-0.4, -0.2) is 29.7 Å². The van der Waals surface area contributed by atoms with Gasteiger partial charge >= 0.3 is 0 Å². The fraction of sp³-hybridized carbons (Fsp3) is 0.529. The zero-order valence-electron chi connectivity index (χ0n) is 12.6. The highest BCUT2D eigenvalue weighted by atomic mass is 16.2. The minimum absolute atomic E-state index is 0.0569. The summed E-state index contributed by atoms with van der Waals surface area (Å²) in [6.07, 6.45) is 1.55. The van der Waals surface area contributed by atoms with Gasteiger partial charge in [0.2, 0.25) is 5.91 Å². The first-order valence-corrected chi connectivity index (χ1v) is 7.28. The molecule has 1 amide bonds. The van der Waals surface area contributed by atoms with E-state index < -0.39 is 0 Å². The highest BCUT2D eigenvalue weighted by molar-refractivity contribution is 5.98. The Balaban J connectivity index is 1.95. The number of carbonyl (C=O) groups excluding carboxylic acids is 2. The lowest BCUT2D eigenvalue weighted by Crippen LogP contribution is -2.45. The van der Waals surface area contributed by atoms with Crippen LogP contribution in [0, 0.1) is 11.3 Å². The molecule has 0 N–H and O–H groups in total. The number of rotatable bonds is 2. The summed E-state index contributed by atoms with van der Waals surface area (Å²) < 4.78 is 0. The third kappa shape index (κ3) is 3.27. The normalized spacial score (nSPS) is 17.1. The number of Topliss-reactive ketones (excluding diaryl/α,β-unsaturated/α-hetero) is 1. The Hall–Kier alpha value is -1.64. The van der Waals surface area contributed by atoms with Gasteiger partial charge in [-0.05, 0) is 12.8 Å². The van der Waals surface area contributed by atoms with Crippen molar-refractivity contribution in [3.63, 3.8) is 0 Å². The fourth-order valence-corrected chi connectivity index (χ4v) is 2.66. The van der Waals surface area contributed by atoms with Gasteiger partial charge in [0.25, 0.3) is 0 Å². The van der Waals surface area contributed by atoms with Gasteiger partial charge in [-0.2, -0.15) is 0 Å². The molecule has 0 saturated carbocycles. The molecule has 0 bridgehead atoms. The number of benzene rings is 1. The largest absolute Gasteiger partial charge is 0.342 e. The lowest BCUT2D eigenvalue weighted by atomic mass is 9.87. The van der Waals surface area contributed by atoms with Crippen LogP contribution in [0.15, 0.2) is 30.3 Å². The van der Waals surface area contributed by atoms with E-state index in [1.54, 1.807) is 0 Å². The highest BCUT2D eigenvalue weighted by Crippen LogP contribution is 2.25. The Labute approximate surface area is 121 Å². The van der Waals surface area contributed by atoms with Crippen molar-refractivity contribution in [1.29, 1.82) is 0 Å². The molecule has 0 aliphatic carbocycles. The third-order valence-corrected chi connectivity index (χ3v) is 3.85. The molecule has 1 heterocycles. The van der Waals surface area contributed by atoms with E-state index in [-0.39, 0.29) is 23.0 Å². The Morgan fingerprint density at radius 3 is 2.10 bits per heavy atom. The van der Waals surface area contributed by atoms with Gasteiger partial charge in [-0.1, -0.05) is 51.1 Å². The lowest BCUT2D eigenvalue weighted by Gasteiger charge is -2.35. The summed E-state index contributed by atoms with van der Waals surface area (Å²) in [5, 5.41) is 0. The van der Waals surface area contributed by atoms with E-state index >= 15 is 0 Å². The van der Waals surface area contributed by atoms with E-state index in [0.717, 1.165) is 18.4 Å². The zero-order chi connectivity index (χ0) is 14.8. The molecule has 1 aromatic rings. The molecule has 108 valence electrons. The summed E-state index contributed by atoms with van der Waals surface area (Å²) in [6, 6.07) is 9.45. The molecule has 0 aromatic heterocycles. The average molecular weight is 273 g/mol. The van der Waals surface area contributed by atoms with Crippen LogP contribution in [0.1, 0.15) is 44.0 Å².